The summed E-state index contributed by atoms with van der Waals surface area (Å²) in [5, 5.41) is 4.14. The Hall–Kier alpha value is -1.88. The Kier molecular flexibility index (Phi) is 4.51. The third kappa shape index (κ3) is 3.79. The molecule has 0 spiro atoms. The van der Waals surface area contributed by atoms with Gasteiger partial charge < -0.3 is 4.43 Å². The van der Waals surface area contributed by atoms with Gasteiger partial charge in [0, 0.05) is 31.6 Å². The first kappa shape index (κ1) is 13.5. The highest BCUT2D eigenvalue weighted by Gasteiger charge is 2.03. The molecule has 0 radical (unpaired) electrons. The number of rotatable bonds is 5. The van der Waals surface area contributed by atoms with Gasteiger partial charge in [-0.2, -0.15) is 5.10 Å². The van der Waals surface area contributed by atoms with Crippen molar-refractivity contribution >= 4 is 20.9 Å². The van der Waals surface area contributed by atoms with Crippen LogP contribution in [0.25, 0.3) is 0 Å². The van der Waals surface area contributed by atoms with Crippen LogP contribution in [0.1, 0.15) is 5.69 Å². The van der Waals surface area contributed by atoms with E-state index in [0.717, 1.165) is 23.6 Å². The largest absolute Gasteiger partial charge is 0.546 e. The molecule has 1 aromatic heterocycles. The topological polar surface area (TPSA) is 39.4 Å². The lowest BCUT2D eigenvalue weighted by Gasteiger charge is -2.11. The summed E-state index contributed by atoms with van der Waals surface area (Å²) in [6.07, 6.45) is 4.47. The van der Waals surface area contributed by atoms with Crippen molar-refractivity contribution in [2.24, 2.45) is 12.0 Å². The van der Waals surface area contributed by atoms with Gasteiger partial charge in [0.05, 0.1) is 0 Å². The predicted octanol–water partition coefficient (Wildman–Crippen LogP) is 2.73. The van der Waals surface area contributed by atoms with Gasteiger partial charge in [-0.25, -0.2) is 0 Å². The van der Waals surface area contributed by atoms with Gasteiger partial charge in [0.25, 0.3) is 0 Å². The molecule has 0 aliphatic rings. The molecule has 2 rings (SSSR count). The monoisotopic (exact) mass is 273 g/mol. The number of aromatic nitrogens is 2. The Morgan fingerprint density at radius 1 is 1.32 bits per heavy atom. The summed E-state index contributed by atoms with van der Waals surface area (Å²) in [5.74, 6) is 0.880. The second kappa shape index (κ2) is 6.33. The second-order valence-electron chi connectivity index (χ2n) is 4.60. The minimum Gasteiger partial charge on any atom is -0.546 e. The normalized spacial score (nSPS) is 11.4. The molecule has 1 aromatic carbocycles. The number of hydrogen-bond acceptors (Lipinski definition) is 3. The SMILES string of the molecule is Cn1nccc1CC=Nc1ccccc1O[SiH](C)C. The van der Waals surface area contributed by atoms with Crippen molar-refractivity contribution in [2.75, 3.05) is 0 Å². The van der Waals surface area contributed by atoms with Gasteiger partial charge >= 0.3 is 0 Å². The van der Waals surface area contributed by atoms with Crippen LogP contribution in [0.2, 0.25) is 13.1 Å². The van der Waals surface area contributed by atoms with Crippen molar-refractivity contribution in [1.82, 2.24) is 9.78 Å². The van der Waals surface area contributed by atoms with Crippen LogP contribution in [0.5, 0.6) is 5.75 Å². The van der Waals surface area contributed by atoms with Gasteiger partial charge in [0.2, 0.25) is 9.04 Å². The fraction of sp³-hybridized carbons (Fsp3) is 0.286. The number of benzene rings is 1. The molecule has 0 aliphatic carbocycles. The van der Waals surface area contributed by atoms with Crippen molar-refractivity contribution < 1.29 is 4.43 Å². The molecule has 5 heteroatoms. The number of para-hydroxylation sites is 2. The zero-order valence-corrected chi connectivity index (χ0v) is 12.7. The summed E-state index contributed by atoms with van der Waals surface area (Å²) >= 11 is 0. The quantitative estimate of drug-likeness (QED) is 0.620. The molecule has 4 nitrogen and oxygen atoms in total. The minimum atomic E-state index is -1.10. The van der Waals surface area contributed by atoms with Crippen LogP contribution in [-0.4, -0.2) is 25.0 Å². The molecule has 0 saturated heterocycles. The molecule has 1 heterocycles. The Morgan fingerprint density at radius 3 is 2.79 bits per heavy atom. The fourth-order valence-corrected chi connectivity index (χ4v) is 2.46. The average Bonchev–Trinajstić information content (AvgIpc) is 2.77. The van der Waals surface area contributed by atoms with E-state index in [1.165, 1.54) is 0 Å². The number of hydrogen-bond donors (Lipinski definition) is 0. The smallest absolute Gasteiger partial charge is 0.229 e. The molecule has 0 bridgehead atoms. The lowest BCUT2D eigenvalue weighted by atomic mass is 10.3. The van der Waals surface area contributed by atoms with Gasteiger partial charge in [0.15, 0.2) is 0 Å². The standard InChI is InChI=1S/C14H19N3OSi/c1-17-12(9-11-16-17)8-10-15-13-6-4-5-7-14(13)18-19(2)3/h4-7,9-11,19H,8H2,1-3H3. The molecular formula is C14H19N3OSi. The third-order valence-electron chi connectivity index (χ3n) is 2.68. The molecular weight excluding hydrogens is 254 g/mol. The van der Waals surface area contributed by atoms with E-state index in [1.54, 1.807) is 6.20 Å². The number of aliphatic imine (C=N–C) groups is 1. The van der Waals surface area contributed by atoms with E-state index < -0.39 is 9.04 Å². The van der Waals surface area contributed by atoms with E-state index >= 15 is 0 Å². The van der Waals surface area contributed by atoms with Gasteiger partial charge in [-0.05, 0) is 31.3 Å². The summed E-state index contributed by atoms with van der Waals surface area (Å²) in [6, 6.07) is 9.91. The average molecular weight is 273 g/mol. The predicted molar refractivity (Wildman–Crippen MR) is 81.0 cm³/mol. The van der Waals surface area contributed by atoms with Crippen LogP contribution in [0.3, 0.4) is 0 Å². The first-order valence-corrected chi connectivity index (χ1v) is 9.20. The van der Waals surface area contributed by atoms with Crippen LogP contribution in [0, 0.1) is 0 Å². The number of aryl methyl sites for hydroxylation is 1. The van der Waals surface area contributed by atoms with Crippen LogP contribution in [-0.2, 0) is 13.5 Å². The third-order valence-corrected chi connectivity index (χ3v) is 3.41. The second-order valence-corrected chi connectivity index (χ2v) is 6.93. The van der Waals surface area contributed by atoms with Gasteiger partial charge in [-0.15, -0.1) is 0 Å². The Labute approximate surface area is 115 Å². The molecule has 2 aromatic rings. The molecule has 0 atom stereocenters. The van der Waals surface area contributed by atoms with E-state index in [-0.39, 0.29) is 0 Å². The minimum absolute atomic E-state index is 0.768. The zero-order chi connectivity index (χ0) is 13.7. The van der Waals surface area contributed by atoms with E-state index in [4.69, 9.17) is 4.43 Å². The van der Waals surface area contributed by atoms with Crippen molar-refractivity contribution in [3.8, 4) is 5.75 Å². The summed E-state index contributed by atoms with van der Waals surface area (Å²) in [7, 11) is 0.830. The van der Waals surface area contributed by atoms with E-state index in [0.29, 0.717) is 0 Å². The molecule has 0 N–H and O–H groups in total. The van der Waals surface area contributed by atoms with Crippen molar-refractivity contribution in [3.05, 3.63) is 42.2 Å². The first-order valence-electron chi connectivity index (χ1n) is 6.42. The Balaban J connectivity index is 2.08. The van der Waals surface area contributed by atoms with E-state index in [2.05, 4.69) is 23.2 Å². The Bertz CT molecular complexity index is 563. The summed E-state index contributed by atoms with van der Waals surface area (Å²) < 4.78 is 7.72. The highest BCUT2D eigenvalue weighted by Crippen LogP contribution is 2.27. The maximum Gasteiger partial charge on any atom is 0.229 e. The van der Waals surface area contributed by atoms with E-state index in [9.17, 15) is 0 Å². The maximum absolute atomic E-state index is 5.86. The van der Waals surface area contributed by atoms with Gasteiger partial charge in [-0.3, -0.25) is 9.67 Å². The highest BCUT2D eigenvalue weighted by atomic mass is 28.3. The molecule has 0 saturated carbocycles. The van der Waals surface area contributed by atoms with Crippen molar-refractivity contribution in [3.63, 3.8) is 0 Å². The number of nitrogens with zero attached hydrogens (tertiary/aromatic N) is 3. The Morgan fingerprint density at radius 2 is 2.11 bits per heavy atom. The van der Waals surface area contributed by atoms with Crippen molar-refractivity contribution in [2.45, 2.75) is 19.5 Å². The molecule has 100 valence electrons. The molecule has 19 heavy (non-hydrogen) atoms. The highest BCUT2D eigenvalue weighted by molar-refractivity contribution is 6.49. The first-order chi connectivity index (χ1) is 9.16. The van der Waals surface area contributed by atoms with Crippen LogP contribution >= 0.6 is 0 Å². The molecule has 0 fully saturated rings. The lowest BCUT2D eigenvalue weighted by molar-refractivity contribution is 0.582. The van der Waals surface area contributed by atoms with E-state index in [1.807, 2.05) is 48.3 Å². The maximum atomic E-state index is 5.86. The molecule has 0 amide bonds. The van der Waals surface area contributed by atoms with Crippen LogP contribution in [0.15, 0.2) is 41.5 Å². The van der Waals surface area contributed by atoms with Crippen LogP contribution < -0.4 is 4.43 Å². The fourth-order valence-electron chi connectivity index (χ4n) is 1.76. The lowest BCUT2D eigenvalue weighted by Crippen LogP contribution is -2.11. The zero-order valence-electron chi connectivity index (χ0n) is 11.6. The summed E-state index contributed by atoms with van der Waals surface area (Å²) in [4.78, 5) is 4.51. The van der Waals surface area contributed by atoms with Crippen LogP contribution in [0.4, 0.5) is 5.69 Å². The van der Waals surface area contributed by atoms with Crippen molar-refractivity contribution in [1.29, 1.82) is 0 Å². The van der Waals surface area contributed by atoms with Gasteiger partial charge in [-0.1, -0.05) is 12.1 Å². The molecule has 0 unspecified atom stereocenters. The molecule has 0 aliphatic heterocycles. The summed E-state index contributed by atoms with van der Waals surface area (Å²) in [5.41, 5.74) is 2.03. The van der Waals surface area contributed by atoms with Gasteiger partial charge in [0.1, 0.15) is 11.4 Å². The summed E-state index contributed by atoms with van der Waals surface area (Å²) in [6.45, 7) is 4.30.